The van der Waals surface area contributed by atoms with Crippen molar-refractivity contribution < 1.29 is 23.9 Å². The van der Waals surface area contributed by atoms with Crippen LogP contribution in [0.5, 0.6) is 0 Å². The predicted molar refractivity (Wildman–Crippen MR) is 90.2 cm³/mol. The van der Waals surface area contributed by atoms with E-state index in [-0.39, 0.29) is 6.42 Å². The summed E-state index contributed by atoms with van der Waals surface area (Å²) in [5.74, 6) is -1.93. The number of amides is 2. The molecule has 8 nitrogen and oxygen atoms in total. The van der Waals surface area contributed by atoms with E-state index in [4.69, 9.17) is 9.52 Å². The van der Waals surface area contributed by atoms with Gasteiger partial charge >= 0.3 is 5.97 Å². The molecule has 0 bridgehead atoms. The van der Waals surface area contributed by atoms with Crippen LogP contribution in [0.25, 0.3) is 0 Å². The molecule has 0 radical (unpaired) electrons. The van der Waals surface area contributed by atoms with Gasteiger partial charge in [0.25, 0.3) is 11.8 Å². The molecule has 26 heavy (non-hydrogen) atoms. The minimum absolute atomic E-state index is 0.121. The molecule has 2 aliphatic rings. The maximum Gasteiger partial charge on any atom is 0.328 e. The van der Waals surface area contributed by atoms with Crippen molar-refractivity contribution in [2.24, 2.45) is 5.10 Å². The summed E-state index contributed by atoms with van der Waals surface area (Å²) in [5, 5.41) is 16.9. The normalized spacial score (nSPS) is 21.2. The van der Waals surface area contributed by atoms with Gasteiger partial charge in [0.2, 0.25) is 0 Å². The Bertz CT molecular complexity index is 976. The van der Waals surface area contributed by atoms with Crippen LogP contribution in [0, 0.1) is 0 Å². The lowest BCUT2D eigenvalue weighted by atomic mass is 9.86. The van der Waals surface area contributed by atoms with Gasteiger partial charge in [-0.05, 0) is 18.2 Å². The van der Waals surface area contributed by atoms with Gasteiger partial charge in [-0.1, -0.05) is 18.2 Å². The van der Waals surface area contributed by atoms with Crippen molar-refractivity contribution in [3.63, 3.8) is 0 Å². The second-order valence-electron chi connectivity index (χ2n) is 5.88. The lowest BCUT2D eigenvalue weighted by Gasteiger charge is -2.29. The van der Waals surface area contributed by atoms with Crippen LogP contribution >= 0.6 is 0 Å². The van der Waals surface area contributed by atoms with Crippen LogP contribution in [0.4, 0.5) is 5.69 Å². The smallest absolute Gasteiger partial charge is 0.328 e. The summed E-state index contributed by atoms with van der Waals surface area (Å²) in [6.45, 7) is 0. The molecule has 2 aliphatic heterocycles. The van der Waals surface area contributed by atoms with E-state index in [1.807, 2.05) is 0 Å². The maximum absolute atomic E-state index is 12.9. The molecule has 2 N–H and O–H groups in total. The zero-order valence-electron chi connectivity index (χ0n) is 13.4. The van der Waals surface area contributed by atoms with Gasteiger partial charge in [0.05, 0.1) is 6.26 Å². The molecule has 3 heterocycles. The van der Waals surface area contributed by atoms with Crippen LogP contribution in [-0.2, 0) is 19.9 Å². The Morgan fingerprint density at radius 2 is 2.04 bits per heavy atom. The second-order valence-corrected chi connectivity index (χ2v) is 5.88. The van der Waals surface area contributed by atoms with Crippen molar-refractivity contribution in [2.75, 3.05) is 5.32 Å². The number of carboxylic acids is 1. The highest BCUT2D eigenvalue weighted by molar-refractivity contribution is 6.15. The SMILES string of the molecule is O=C(O)/C=C/C(=O)N1N=C(c2ccco2)C[C@@]12C(=O)Nc1ccccc12. The number of carboxylic acid groups (broad SMARTS) is 1. The minimum Gasteiger partial charge on any atom is -0.478 e. The first-order valence-electron chi connectivity index (χ1n) is 7.80. The standard InChI is InChI=1S/C18H13N3O5/c22-15(7-8-16(23)24)21-18(10-13(20-21)14-6-3-9-26-14)11-4-1-2-5-12(11)19-17(18)25/h1-9H,10H2,(H,19,25)(H,23,24)/b8-7+/t18-/m1/s1. The van der Waals surface area contributed by atoms with Gasteiger partial charge in [-0.25, -0.2) is 9.80 Å². The van der Waals surface area contributed by atoms with E-state index in [1.165, 1.54) is 6.26 Å². The fourth-order valence-electron chi connectivity index (χ4n) is 3.27. The van der Waals surface area contributed by atoms with Gasteiger partial charge in [0.15, 0.2) is 5.54 Å². The number of furan rings is 1. The van der Waals surface area contributed by atoms with Gasteiger partial charge < -0.3 is 14.8 Å². The van der Waals surface area contributed by atoms with Crippen molar-refractivity contribution in [1.82, 2.24) is 5.01 Å². The fourth-order valence-corrected chi connectivity index (χ4v) is 3.27. The molecule has 1 spiro atoms. The molecular weight excluding hydrogens is 338 g/mol. The van der Waals surface area contributed by atoms with E-state index in [0.29, 0.717) is 22.7 Å². The number of hydrogen-bond acceptors (Lipinski definition) is 5. The molecule has 0 unspecified atom stereocenters. The zero-order chi connectivity index (χ0) is 18.3. The average molecular weight is 351 g/mol. The number of fused-ring (bicyclic) bond motifs is 2. The first kappa shape index (κ1) is 15.8. The molecule has 2 aromatic rings. The molecule has 0 saturated carbocycles. The Kier molecular flexibility index (Phi) is 3.47. The maximum atomic E-state index is 12.9. The van der Waals surface area contributed by atoms with Gasteiger partial charge in [0.1, 0.15) is 11.5 Å². The van der Waals surface area contributed by atoms with E-state index in [1.54, 1.807) is 36.4 Å². The van der Waals surface area contributed by atoms with Crippen molar-refractivity contribution >= 4 is 29.2 Å². The molecule has 0 aliphatic carbocycles. The highest BCUT2D eigenvalue weighted by atomic mass is 16.4. The summed E-state index contributed by atoms with van der Waals surface area (Å²) in [4.78, 5) is 36.3. The van der Waals surface area contributed by atoms with Gasteiger partial charge in [-0.3, -0.25) is 9.59 Å². The van der Waals surface area contributed by atoms with Crippen LogP contribution in [0.15, 0.2) is 64.3 Å². The van der Waals surface area contributed by atoms with Crippen molar-refractivity contribution in [2.45, 2.75) is 12.0 Å². The lowest BCUT2D eigenvalue weighted by molar-refractivity contribution is -0.140. The van der Waals surface area contributed by atoms with Crippen molar-refractivity contribution in [3.05, 3.63) is 66.1 Å². The zero-order valence-corrected chi connectivity index (χ0v) is 13.4. The molecule has 130 valence electrons. The van der Waals surface area contributed by atoms with E-state index in [2.05, 4.69) is 10.4 Å². The van der Waals surface area contributed by atoms with Crippen LogP contribution in [0.3, 0.4) is 0 Å². The average Bonchev–Trinajstić information content (AvgIpc) is 3.33. The molecule has 2 amide bonds. The van der Waals surface area contributed by atoms with Crippen LogP contribution in [0.1, 0.15) is 17.7 Å². The summed E-state index contributed by atoms with van der Waals surface area (Å²) < 4.78 is 5.36. The lowest BCUT2D eigenvalue weighted by Crippen LogP contribution is -2.48. The third-order valence-corrected chi connectivity index (χ3v) is 4.38. The molecule has 0 saturated heterocycles. The number of carbonyl (C=O) groups excluding carboxylic acids is 2. The Labute approximate surface area is 147 Å². The summed E-state index contributed by atoms with van der Waals surface area (Å²) in [5.41, 5.74) is 0.248. The predicted octanol–water partition coefficient (Wildman–Crippen LogP) is 1.70. The number of carbonyl (C=O) groups is 3. The summed E-state index contributed by atoms with van der Waals surface area (Å²) in [7, 11) is 0. The Hall–Kier alpha value is -3.68. The summed E-state index contributed by atoms with van der Waals surface area (Å²) in [6, 6.07) is 10.4. The highest BCUT2D eigenvalue weighted by Gasteiger charge is 2.57. The van der Waals surface area contributed by atoms with Gasteiger partial charge in [-0.2, -0.15) is 5.10 Å². The Morgan fingerprint density at radius 1 is 1.23 bits per heavy atom. The minimum atomic E-state index is -1.38. The summed E-state index contributed by atoms with van der Waals surface area (Å²) >= 11 is 0. The largest absolute Gasteiger partial charge is 0.478 e. The molecule has 8 heteroatoms. The molecule has 1 atom stereocenters. The number of benzene rings is 1. The first-order valence-corrected chi connectivity index (χ1v) is 7.80. The van der Waals surface area contributed by atoms with E-state index < -0.39 is 23.3 Å². The molecule has 4 rings (SSSR count). The van der Waals surface area contributed by atoms with Gasteiger partial charge in [0, 0.05) is 29.8 Å². The van der Waals surface area contributed by atoms with Gasteiger partial charge in [-0.15, -0.1) is 0 Å². The molecule has 1 aromatic heterocycles. The second kappa shape index (κ2) is 5.69. The summed E-state index contributed by atoms with van der Waals surface area (Å²) in [6.07, 6.45) is 3.19. The topological polar surface area (TPSA) is 112 Å². The van der Waals surface area contributed by atoms with E-state index in [0.717, 1.165) is 17.2 Å². The fraction of sp³-hybridized carbons (Fsp3) is 0.111. The number of anilines is 1. The van der Waals surface area contributed by atoms with E-state index >= 15 is 0 Å². The number of para-hydroxylation sites is 1. The first-order chi connectivity index (χ1) is 12.5. The molecule has 1 aromatic carbocycles. The number of aliphatic carboxylic acids is 1. The third kappa shape index (κ3) is 2.23. The highest BCUT2D eigenvalue weighted by Crippen LogP contribution is 2.47. The Morgan fingerprint density at radius 3 is 2.77 bits per heavy atom. The number of hydrogen-bond donors (Lipinski definition) is 2. The van der Waals surface area contributed by atoms with E-state index in [9.17, 15) is 14.4 Å². The third-order valence-electron chi connectivity index (χ3n) is 4.38. The number of hydrazone groups is 1. The van der Waals surface area contributed by atoms with Crippen molar-refractivity contribution in [1.29, 1.82) is 0 Å². The van der Waals surface area contributed by atoms with Crippen LogP contribution < -0.4 is 5.32 Å². The molecular formula is C18H13N3O5. The Balaban J connectivity index is 1.84. The number of nitrogens with zero attached hydrogens (tertiary/aromatic N) is 2. The monoisotopic (exact) mass is 351 g/mol. The quantitative estimate of drug-likeness (QED) is 0.818. The van der Waals surface area contributed by atoms with Crippen LogP contribution in [-0.4, -0.2) is 33.6 Å². The number of nitrogens with one attached hydrogen (secondary N) is 1. The number of rotatable bonds is 3. The molecule has 0 fully saturated rings. The van der Waals surface area contributed by atoms with Crippen molar-refractivity contribution in [3.8, 4) is 0 Å². The van der Waals surface area contributed by atoms with Crippen LogP contribution in [0.2, 0.25) is 0 Å².